The van der Waals surface area contributed by atoms with E-state index in [1.165, 1.54) is 0 Å². The lowest BCUT2D eigenvalue weighted by atomic mass is 10.2. The summed E-state index contributed by atoms with van der Waals surface area (Å²) in [5, 5.41) is 18.2. The molecule has 0 saturated heterocycles. The molecule has 1 aromatic rings. The van der Waals surface area contributed by atoms with Gasteiger partial charge >= 0.3 is 0 Å². The van der Waals surface area contributed by atoms with Gasteiger partial charge in [-0.3, -0.25) is 5.41 Å². The van der Waals surface area contributed by atoms with Crippen LogP contribution in [-0.4, -0.2) is 12.6 Å². The van der Waals surface area contributed by atoms with Gasteiger partial charge in [0.25, 0.3) is 0 Å². The van der Waals surface area contributed by atoms with Crippen molar-refractivity contribution in [2.24, 2.45) is 5.73 Å². The maximum atomic E-state index is 8.41. The van der Waals surface area contributed by atoms with Crippen molar-refractivity contribution in [3.63, 3.8) is 0 Å². The van der Waals surface area contributed by atoms with Crippen LogP contribution in [0.25, 0.3) is 0 Å². The van der Waals surface area contributed by atoms with Crippen LogP contribution in [0.1, 0.15) is 18.4 Å². The summed E-state index contributed by atoms with van der Waals surface area (Å²) >= 11 is 3.42. The van der Waals surface area contributed by atoms with Crippen molar-refractivity contribution < 1.29 is 4.74 Å². The van der Waals surface area contributed by atoms with E-state index in [-0.39, 0.29) is 5.96 Å². The number of nitriles is 1. The monoisotopic (exact) mass is 310 g/mol. The standard InChI is InChI=1S/C12H15BrN4O/c13-10-7-9(8-17-12(15)16)3-4-11(10)18-6-2-1-5-14/h3-4,7H,1-2,6,8H2,(H4,15,16,17). The van der Waals surface area contributed by atoms with Gasteiger partial charge in [0, 0.05) is 13.0 Å². The number of ether oxygens (including phenoxy) is 1. The van der Waals surface area contributed by atoms with E-state index in [1.54, 1.807) is 0 Å². The van der Waals surface area contributed by atoms with E-state index in [4.69, 9.17) is 21.1 Å². The topological polar surface area (TPSA) is 94.9 Å². The van der Waals surface area contributed by atoms with Gasteiger partial charge in [-0.25, -0.2) is 0 Å². The maximum absolute atomic E-state index is 8.41. The molecule has 0 heterocycles. The number of hydrogen-bond acceptors (Lipinski definition) is 3. The number of nitrogens with two attached hydrogens (primary N) is 1. The van der Waals surface area contributed by atoms with Gasteiger partial charge < -0.3 is 15.8 Å². The number of nitrogens with one attached hydrogen (secondary N) is 2. The molecular weight excluding hydrogens is 296 g/mol. The number of benzene rings is 1. The zero-order valence-corrected chi connectivity index (χ0v) is 11.5. The van der Waals surface area contributed by atoms with Crippen molar-refractivity contribution in [1.29, 1.82) is 10.7 Å². The summed E-state index contributed by atoms with van der Waals surface area (Å²) in [6.45, 7) is 1.03. The second kappa shape index (κ2) is 7.56. The van der Waals surface area contributed by atoms with Crippen LogP contribution in [0.2, 0.25) is 0 Å². The molecule has 18 heavy (non-hydrogen) atoms. The SMILES string of the molecule is N#CCCCOc1ccc(CNC(=N)N)cc1Br. The molecule has 0 aliphatic rings. The van der Waals surface area contributed by atoms with Gasteiger partial charge in [-0.2, -0.15) is 5.26 Å². The molecule has 0 aromatic heterocycles. The van der Waals surface area contributed by atoms with E-state index in [0.717, 1.165) is 22.2 Å². The van der Waals surface area contributed by atoms with Gasteiger partial charge in [0.15, 0.2) is 5.96 Å². The fourth-order valence-electron chi connectivity index (χ4n) is 1.30. The summed E-state index contributed by atoms with van der Waals surface area (Å²) in [4.78, 5) is 0. The largest absolute Gasteiger partial charge is 0.492 e. The molecule has 0 atom stereocenters. The average molecular weight is 311 g/mol. The third-order valence-corrected chi connectivity index (χ3v) is 2.79. The van der Waals surface area contributed by atoms with Gasteiger partial charge in [-0.05, 0) is 40.0 Å². The summed E-state index contributed by atoms with van der Waals surface area (Å²) in [7, 11) is 0. The van der Waals surface area contributed by atoms with Crippen molar-refractivity contribution in [2.45, 2.75) is 19.4 Å². The van der Waals surface area contributed by atoms with Crippen LogP contribution >= 0.6 is 15.9 Å². The Hall–Kier alpha value is -1.74. The first kappa shape index (κ1) is 14.3. The summed E-state index contributed by atoms with van der Waals surface area (Å²) < 4.78 is 6.38. The van der Waals surface area contributed by atoms with Crippen LogP contribution in [-0.2, 0) is 6.54 Å². The number of unbranched alkanes of at least 4 members (excludes halogenated alkanes) is 1. The quantitative estimate of drug-likeness (QED) is 0.426. The Morgan fingerprint density at radius 2 is 2.33 bits per heavy atom. The molecule has 0 fully saturated rings. The Labute approximate surface area is 115 Å². The Balaban J connectivity index is 2.51. The molecule has 0 amide bonds. The summed E-state index contributed by atoms with van der Waals surface area (Å²) in [5.41, 5.74) is 6.21. The predicted molar refractivity (Wildman–Crippen MR) is 73.2 cm³/mol. The second-order valence-electron chi connectivity index (χ2n) is 3.64. The molecule has 0 unspecified atom stereocenters. The molecule has 6 heteroatoms. The van der Waals surface area contributed by atoms with Crippen molar-refractivity contribution in [1.82, 2.24) is 5.32 Å². The van der Waals surface area contributed by atoms with E-state index >= 15 is 0 Å². The zero-order chi connectivity index (χ0) is 13.4. The van der Waals surface area contributed by atoms with Gasteiger partial charge in [0.2, 0.25) is 0 Å². The molecule has 1 rings (SSSR count). The first-order valence-corrected chi connectivity index (χ1v) is 6.29. The Morgan fingerprint density at radius 3 is 2.94 bits per heavy atom. The Kier molecular flexibility index (Phi) is 6.01. The molecule has 0 aliphatic heterocycles. The third kappa shape index (κ3) is 5.06. The average Bonchev–Trinajstić information content (AvgIpc) is 2.34. The Bertz CT molecular complexity index is 456. The zero-order valence-electron chi connectivity index (χ0n) is 9.87. The Morgan fingerprint density at radius 1 is 1.56 bits per heavy atom. The molecule has 96 valence electrons. The third-order valence-electron chi connectivity index (χ3n) is 2.17. The van der Waals surface area contributed by atoms with Crippen molar-refractivity contribution in [3.05, 3.63) is 28.2 Å². The van der Waals surface area contributed by atoms with Crippen LogP contribution in [0.5, 0.6) is 5.75 Å². The summed E-state index contributed by atoms with van der Waals surface area (Å²) in [5.74, 6) is 0.697. The van der Waals surface area contributed by atoms with Crippen LogP contribution in [0.3, 0.4) is 0 Å². The van der Waals surface area contributed by atoms with E-state index in [9.17, 15) is 0 Å². The number of hydrogen-bond donors (Lipinski definition) is 3. The number of nitrogens with zero attached hydrogens (tertiary/aromatic N) is 1. The smallest absolute Gasteiger partial charge is 0.185 e. The lowest BCUT2D eigenvalue weighted by Crippen LogP contribution is -2.29. The minimum atomic E-state index is -0.0528. The van der Waals surface area contributed by atoms with Gasteiger partial charge in [0.1, 0.15) is 5.75 Å². The van der Waals surface area contributed by atoms with Gasteiger partial charge in [-0.1, -0.05) is 6.07 Å². The highest BCUT2D eigenvalue weighted by molar-refractivity contribution is 9.10. The van der Waals surface area contributed by atoms with E-state index in [0.29, 0.717) is 19.6 Å². The lowest BCUT2D eigenvalue weighted by molar-refractivity contribution is 0.310. The molecule has 0 spiro atoms. The van der Waals surface area contributed by atoms with Crippen LogP contribution in [0.15, 0.2) is 22.7 Å². The van der Waals surface area contributed by atoms with Crippen molar-refractivity contribution >= 4 is 21.9 Å². The van der Waals surface area contributed by atoms with Crippen molar-refractivity contribution in [3.8, 4) is 11.8 Å². The van der Waals surface area contributed by atoms with Gasteiger partial charge in [-0.15, -0.1) is 0 Å². The number of guanidine groups is 1. The highest BCUT2D eigenvalue weighted by atomic mass is 79.9. The molecule has 0 radical (unpaired) electrons. The molecule has 5 nitrogen and oxygen atoms in total. The van der Waals surface area contributed by atoms with Gasteiger partial charge in [0.05, 0.1) is 17.1 Å². The maximum Gasteiger partial charge on any atom is 0.185 e. The van der Waals surface area contributed by atoms with Crippen LogP contribution < -0.4 is 15.8 Å². The normalized spacial score (nSPS) is 9.56. The van der Waals surface area contributed by atoms with E-state index in [2.05, 4.69) is 27.3 Å². The first-order chi connectivity index (χ1) is 8.63. The lowest BCUT2D eigenvalue weighted by Gasteiger charge is -2.09. The fraction of sp³-hybridized carbons (Fsp3) is 0.333. The summed E-state index contributed by atoms with van der Waals surface area (Å²) in [6, 6.07) is 7.74. The van der Waals surface area contributed by atoms with Crippen LogP contribution in [0, 0.1) is 16.7 Å². The first-order valence-electron chi connectivity index (χ1n) is 5.49. The second-order valence-corrected chi connectivity index (χ2v) is 4.50. The minimum absolute atomic E-state index is 0.0528. The minimum Gasteiger partial charge on any atom is -0.492 e. The molecule has 4 N–H and O–H groups in total. The fourth-order valence-corrected chi connectivity index (χ4v) is 1.84. The van der Waals surface area contributed by atoms with E-state index < -0.39 is 0 Å². The molecule has 0 bridgehead atoms. The number of halogens is 1. The van der Waals surface area contributed by atoms with E-state index in [1.807, 2.05) is 18.2 Å². The van der Waals surface area contributed by atoms with Crippen molar-refractivity contribution in [2.75, 3.05) is 6.61 Å². The highest BCUT2D eigenvalue weighted by Gasteiger charge is 2.03. The highest BCUT2D eigenvalue weighted by Crippen LogP contribution is 2.26. The predicted octanol–water partition coefficient (Wildman–Crippen LogP) is 2.11. The molecular formula is C12H15BrN4O. The number of rotatable bonds is 6. The molecule has 1 aromatic carbocycles. The van der Waals surface area contributed by atoms with Crippen LogP contribution in [0.4, 0.5) is 0 Å². The molecule has 0 saturated carbocycles. The molecule has 0 aliphatic carbocycles. The summed E-state index contributed by atoms with van der Waals surface area (Å²) in [6.07, 6.45) is 1.22.